The van der Waals surface area contributed by atoms with Gasteiger partial charge in [-0.25, -0.2) is 0 Å². The van der Waals surface area contributed by atoms with Gasteiger partial charge in [-0.3, -0.25) is 14.4 Å². The molecule has 3 saturated heterocycles. The third-order valence-electron chi connectivity index (χ3n) is 7.86. The Labute approximate surface area is 229 Å². The van der Waals surface area contributed by atoms with E-state index in [9.17, 15) is 19.5 Å². The number of aliphatic hydroxyl groups is 1. The summed E-state index contributed by atoms with van der Waals surface area (Å²) >= 11 is 3.68. The summed E-state index contributed by atoms with van der Waals surface area (Å²) in [6.07, 6.45) is 6.29. The van der Waals surface area contributed by atoms with Crippen LogP contribution >= 0.6 is 15.9 Å². The molecule has 3 unspecified atom stereocenters. The van der Waals surface area contributed by atoms with E-state index in [1.54, 1.807) is 11.0 Å². The van der Waals surface area contributed by atoms with Gasteiger partial charge < -0.3 is 24.4 Å². The van der Waals surface area contributed by atoms with Crippen molar-refractivity contribution in [1.82, 2.24) is 9.80 Å². The Morgan fingerprint density at radius 3 is 2.54 bits per heavy atom. The number of hydrogen-bond donors (Lipinski definition) is 1. The van der Waals surface area contributed by atoms with Gasteiger partial charge in [0.2, 0.25) is 11.8 Å². The van der Waals surface area contributed by atoms with Crippen LogP contribution in [0.2, 0.25) is 0 Å². The Balaban J connectivity index is 2.01. The van der Waals surface area contributed by atoms with Crippen LogP contribution in [-0.2, 0) is 23.9 Å². The molecule has 3 heterocycles. The predicted molar refractivity (Wildman–Crippen MR) is 145 cm³/mol. The van der Waals surface area contributed by atoms with E-state index in [1.165, 1.54) is 4.90 Å². The van der Waals surface area contributed by atoms with Crippen molar-refractivity contribution in [3.63, 3.8) is 0 Å². The number of amides is 2. The number of halogens is 1. The summed E-state index contributed by atoms with van der Waals surface area (Å²) in [7, 11) is 0. The van der Waals surface area contributed by atoms with Gasteiger partial charge >= 0.3 is 5.97 Å². The molecule has 1 spiro atoms. The highest BCUT2D eigenvalue weighted by Crippen LogP contribution is 2.61. The summed E-state index contributed by atoms with van der Waals surface area (Å²) in [6, 6.07) is -1.64. The highest BCUT2D eigenvalue weighted by Gasteiger charge is 2.77. The number of hydrogen-bond acceptors (Lipinski definition) is 6. The number of carbonyl (C=O) groups excluding carboxylic acids is 3. The highest BCUT2D eigenvalue weighted by atomic mass is 79.9. The fourth-order valence-electron chi connectivity index (χ4n) is 6.34. The number of alkyl halides is 1. The first-order valence-corrected chi connectivity index (χ1v) is 14.4. The number of ether oxygens (including phenoxy) is 2. The van der Waals surface area contributed by atoms with Crippen LogP contribution < -0.4 is 0 Å². The molecule has 3 rings (SSSR count). The van der Waals surface area contributed by atoms with Crippen molar-refractivity contribution in [2.75, 3.05) is 19.8 Å². The lowest BCUT2D eigenvalue weighted by Gasteiger charge is -2.40. The van der Waals surface area contributed by atoms with Crippen LogP contribution in [0.4, 0.5) is 0 Å². The molecule has 7 atom stereocenters. The average Bonchev–Trinajstić information content (AvgIpc) is 3.43. The summed E-state index contributed by atoms with van der Waals surface area (Å²) in [4.78, 5) is 44.8. The van der Waals surface area contributed by atoms with Crippen molar-refractivity contribution in [2.45, 2.75) is 94.5 Å². The number of nitrogens with zero attached hydrogens (tertiary/aromatic N) is 2. The number of rotatable bonds is 14. The van der Waals surface area contributed by atoms with Crippen molar-refractivity contribution in [3.8, 4) is 0 Å². The lowest BCUT2D eigenvalue weighted by molar-refractivity contribution is -0.157. The van der Waals surface area contributed by atoms with Crippen molar-refractivity contribution in [1.29, 1.82) is 0 Å². The van der Waals surface area contributed by atoms with E-state index < -0.39 is 41.6 Å². The maximum atomic E-state index is 14.2. The molecular formula is C28H43BrN2O6. The van der Waals surface area contributed by atoms with Crippen molar-refractivity contribution in [3.05, 3.63) is 25.3 Å². The van der Waals surface area contributed by atoms with E-state index in [4.69, 9.17) is 9.47 Å². The zero-order valence-corrected chi connectivity index (χ0v) is 24.2. The molecule has 9 heteroatoms. The second-order valence-electron chi connectivity index (χ2n) is 11.2. The van der Waals surface area contributed by atoms with E-state index in [1.807, 2.05) is 33.8 Å². The molecule has 3 aliphatic rings. The van der Waals surface area contributed by atoms with Gasteiger partial charge in [0.05, 0.1) is 37.2 Å². The standard InChI is InChI=1S/C28H43BrN2O6/c1-7-9-10-11-13-36-27(35)21-22-25(33)31(19(16-32)14-17(3)4)24(26(34)30(12-8-2)18(5)6)28(22)15-20(29)23(21)37-28/h7-8,17-24,32H,1-2,9-16H2,3-6H3/t19-,20?,21+,22+,23+,24?,28?/m1/s1. The van der Waals surface area contributed by atoms with Crippen LogP contribution in [0.15, 0.2) is 25.3 Å². The molecule has 1 N–H and O–H groups in total. The summed E-state index contributed by atoms with van der Waals surface area (Å²) < 4.78 is 12.2. The number of carbonyl (C=O) groups is 3. The maximum Gasteiger partial charge on any atom is 0.312 e. The third kappa shape index (κ3) is 5.55. The number of fused-ring (bicyclic) bond motifs is 1. The lowest BCUT2D eigenvalue weighted by atomic mass is 9.70. The zero-order chi connectivity index (χ0) is 27.5. The van der Waals surface area contributed by atoms with Gasteiger partial charge in [-0.2, -0.15) is 0 Å². The summed E-state index contributed by atoms with van der Waals surface area (Å²) in [5, 5.41) is 10.4. The zero-order valence-electron chi connectivity index (χ0n) is 22.6. The quantitative estimate of drug-likeness (QED) is 0.146. The van der Waals surface area contributed by atoms with Gasteiger partial charge in [0, 0.05) is 17.4 Å². The van der Waals surface area contributed by atoms with Crippen LogP contribution in [-0.4, -0.2) is 87.1 Å². The molecule has 37 heavy (non-hydrogen) atoms. The Morgan fingerprint density at radius 2 is 1.97 bits per heavy atom. The fourth-order valence-corrected chi connectivity index (χ4v) is 7.28. The molecule has 0 aromatic carbocycles. The van der Waals surface area contributed by atoms with Crippen LogP contribution in [0, 0.1) is 17.8 Å². The largest absolute Gasteiger partial charge is 0.465 e. The van der Waals surface area contributed by atoms with Gasteiger partial charge in [0.1, 0.15) is 11.6 Å². The minimum absolute atomic E-state index is 0.134. The molecule has 208 valence electrons. The van der Waals surface area contributed by atoms with Crippen molar-refractivity contribution < 1.29 is 29.0 Å². The summed E-state index contributed by atoms with van der Waals surface area (Å²) in [5.74, 6) is -2.47. The van der Waals surface area contributed by atoms with Gasteiger partial charge in [0.15, 0.2) is 0 Å². The van der Waals surface area contributed by atoms with Crippen LogP contribution in [0.3, 0.4) is 0 Å². The predicted octanol–water partition coefficient (Wildman–Crippen LogP) is 3.46. The molecule has 8 nitrogen and oxygen atoms in total. The van der Waals surface area contributed by atoms with Gasteiger partial charge in [-0.05, 0) is 51.9 Å². The highest BCUT2D eigenvalue weighted by molar-refractivity contribution is 9.09. The Kier molecular flexibility index (Phi) is 10.0. The maximum absolute atomic E-state index is 14.2. The van der Waals surface area contributed by atoms with Gasteiger partial charge in [-0.1, -0.05) is 41.9 Å². The molecule has 0 aliphatic carbocycles. The SMILES string of the molecule is C=CCCCCOC(=O)[C@H]1[C@H]2C(=O)N([C@@H](CO)CC(C)C)C(C(=O)N(CC=C)C(C)C)C23CC(Br)[C@@H]1O3. The first kappa shape index (κ1) is 29.8. The van der Waals surface area contributed by atoms with Gasteiger partial charge in [-0.15, -0.1) is 13.2 Å². The minimum Gasteiger partial charge on any atom is -0.465 e. The number of unbranched alkanes of at least 4 members (excludes halogenated alkanes) is 2. The summed E-state index contributed by atoms with van der Waals surface area (Å²) in [6.45, 7) is 15.7. The molecule has 2 bridgehead atoms. The van der Waals surface area contributed by atoms with E-state index in [0.717, 1.165) is 12.8 Å². The normalized spacial score (nSPS) is 31.1. The third-order valence-corrected chi connectivity index (χ3v) is 8.70. The second-order valence-corrected chi connectivity index (χ2v) is 12.4. The monoisotopic (exact) mass is 582 g/mol. The summed E-state index contributed by atoms with van der Waals surface area (Å²) in [5.41, 5.74) is -1.17. The van der Waals surface area contributed by atoms with E-state index >= 15 is 0 Å². The molecule has 0 aromatic heterocycles. The molecule has 0 aromatic rings. The number of esters is 1. The van der Waals surface area contributed by atoms with Crippen molar-refractivity contribution in [2.24, 2.45) is 17.8 Å². The molecule has 2 amide bonds. The first-order chi connectivity index (χ1) is 17.5. The molecule has 3 aliphatic heterocycles. The van der Waals surface area contributed by atoms with Gasteiger partial charge in [0.25, 0.3) is 0 Å². The topological polar surface area (TPSA) is 96.4 Å². The lowest BCUT2D eigenvalue weighted by Crippen LogP contribution is -2.60. The van der Waals surface area contributed by atoms with Crippen molar-refractivity contribution >= 4 is 33.7 Å². The van der Waals surface area contributed by atoms with E-state index in [0.29, 0.717) is 25.8 Å². The Bertz CT molecular complexity index is 879. The molecule has 3 fully saturated rings. The van der Waals surface area contributed by atoms with E-state index in [-0.39, 0.29) is 41.8 Å². The number of aliphatic hydroxyl groups excluding tert-OH is 1. The molecule has 0 radical (unpaired) electrons. The number of allylic oxidation sites excluding steroid dienone is 1. The van der Waals surface area contributed by atoms with Crippen LogP contribution in [0.25, 0.3) is 0 Å². The van der Waals surface area contributed by atoms with Crippen LogP contribution in [0.5, 0.6) is 0 Å². The molecular weight excluding hydrogens is 540 g/mol. The average molecular weight is 584 g/mol. The van der Waals surface area contributed by atoms with E-state index in [2.05, 4.69) is 29.1 Å². The Hall–Kier alpha value is -1.71. The number of likely N-dealkylation sites (tertiary alicyclic amines) is 1. The molecule has 0 saturated carbocycles. The fraction of sp³-hybridized carbons (Fsp3) is 0.750. The second kappa shape index (κ2) is 12.4. The minimum atomic E-state index is -1.17. The van der Waals surface area contributed by atoms with Crippen LogP contribution in [0.1, 0.15) is 59.8 Å². The first-order valence-electron chi connectivity index (χ1n) is 13.5. The smallest absolute Gasteiger partial charge is 0.312 e. The Morgan fingerprint density at radius 1 is 1.27 bits per heavy atom.